The zero-order chi connectivity index (χ0) is 16.6. The Labute approximate surface area is 143 Å². The molecule has 23 heavy (non-hydrogen) atoms. The molecule has 0 saturated heterocycles. The van der Waals surface area contributed by atoms with E-state index in [1.165, 1.54) is 0 Å². The van der Waals surface area contributed by atoms with Gasteiger partial charge >= 0.3 is 0 Å². The lowest BCUT2D eigenvalue weighted by molar-refractivity contribution is 0.587. The van der Waals surface area contributed by atoms with E-state index in [0.29, 0.717) is 16.2 Å². The Morgan fingerprint density at radius 1 is 1.13 bits per heavy atom. The quantitative estimate of drug-likeness (QED) is 0.758. The highest BCUT2D eigenvalue weighted by molar-refractivity contribution is 9.10. The van der Waals surface area contributed by atoms with E-state index in [2.05, 4.69) is 36.2 Å². The normalized spacial score (nSPS) is 14.7. The molecule has 0 aliphatic heterocycles. The molecule has 0 unspecified atom stereocenters. The third-order valence-electron chi connectivity index (χ3n) is 3.61. The fraction of sp³-hybridized carbons (Fsp3) is 0.333. The summed E-state index contributed by atoms with van der Waals surface area (Å²) >= 11 is 3.40. The van der Waals surface area contributed by atoms with Gasteiger partial charge in [-0.05, 0) is 54.8 Å². The van der Waals surface area contributed by atoms with Crippen LogP contribution in [-0.2, 0) is 10.0 Å². The maximum atomic E-state index is 12.3. The maximum Gasteiger partial charge on any atom is 0.257 e. The molecule has 0 amide bonds. The molecule has 1 saturated carbocycles. The van der Waals surface area contributed by atoms with Gasteiger partial charge in [0.1, 0.15) is 5.82 Å². The Bertz CT molecular complexity index is 833. The van der Waals surface area contributed by atoms with Gasteiger partial charge in [0.25, 0.3) is 10.0 Å². The Morgan fingerprint density at radius 2 is 1.78 bits per heavy atom. The number of sulfonamides is 1. The van der Waals surface area contributed by atoms with Crippen LogP contribution < -0.4 is 10.3 Å². The number of halogens is 1. The van der Waals surface area contributed by atoms with Crippen LogP contribution in [-0.4, -0.2) is 18.4 Å². The largest absolute Gasteiger partial charge is 0.291 e. The first-order chi connectivity index (χ1) is 10.9. The number of aromatic nitrogens is 2. The molecule has 6 nitrogen and oxygen atoms in total. The van der Waals surface area contributed by atoms with Crippen LogP contribution in [0, 0.1) is 13.8 Å². The van der Waals surface area contributed by atoms with Crippen molar-refractivity contribution in [3.63, 3.8) is 0 Å². The second-order valence-electron chi connectivity index (χ2n) is 5.65. The van der Waals surface area contributed by atoms with Crippen LogP contribution >= 0.6 is 15.9 Å². The van der Waals surface area contributed by atoms with Crippen LogP contribution in [0.5, 0.6) is 0 Å². The SMILES string of the molecule is Cc1ccc(S(=O)(=O)NNc2nc(C3CC3)nc(C)c2Br)cc1. The van der Waals surface area contributed by atoms with Crippen molar-refractivity contribution in [3.8, 4) is 0 Å². The number of hydrazine groups is 1. The fourth-order valence-corrected chi connectivity index (χ4v) is 3.20. The van der Waals surface area contributed by atoms with Gasteiger partial charge in [-0.3, -0.25) is 5.43 Å². The average Bonchev–Trinajstić information content (AvgIpc) is 3.34. The van der Waals surface area contributed by atoms with Gasteiger partial charge in [-0.15, -0.1) is 4.83 Å². The zero-order valence-corrected chi connectivity index (χ0v) is 15.2. The lowest BCUT2D eigenvalue weighted by Gasteiger charge is -2.12. The Hall–Kier alpha value is -1.51. The van der Waals surface area contributed by atoms with Gasteiger partial charge in [-0.2, -0.15) is 0 Å². The molecule has 2 aromatic rings. The van der Waals surface area contributed by atoms with Gasteiger partial charge < -0.3 is 0 Å². The first-order valence-electron chi connectivity index (χ1n) is 7.25. The molecule has 2 N–H and O–H groups in total. The second kappa shape index (κ2) is 6.18. The molecule has 1 aromatic carbocycles. The van der Waals surface area contributed by atoms with Crippen molar-refractivity contribution in [2.24, 2.45) is 0 Å². The number of hydrogen-bond donors (Lipinski definition) is 2. The summed E-state index contributed by atoms with van der Waals surface area (Å²) in [4.78, 5) is 11.4. The smallest absolute Gasteiger partial charge is 0.257 e. The van der Waals surface area contributed by atoms with Crippen LogP contribution in [0.1, 0.15) is 35.8 Å². The summed E-state index contributed by atoms with van der Waals surface area (Å²) < 4.78 is 25.3. The van der Waals surface area contributed by atoms with Crippen molar-refractivity contribution in [1.29, 1.82) is 0 Å². The molecule has 1 aromatic heterocycles. The van der Waals surface area contributed by atoms with Crippen LogP contribution in [0.2, 0.25) is 0 Å². The predicted octanol–water partition coefficient (Wildman–Crippen LogP) is 3.04. The first-order valence-corrected chi connectivity index (χ1v) is 9.53. The van der Waals surface area contributed by atoms with Gasteiger partial charge in [-0.1, -0.05) is 17.7 Å². The molecule has 1 heterocycles. The van der Waals surface area contributed by atoms with Crippen LogP contribution in [0.3, 0.4) is 0 Å². The van der Waals surface area contributed by atoms with Crippen molar-refractivity contribution in [3.05, 3.63) is 45.8 Å². The third kappa shape index (κ3) is 3.70. The van der Waals surface area contributed by atoms with Crippen molar-refractivity contribution >= 4 is 31.8 Å². The molecule has 0 radical (unpaired) electrons. The summed E-state index contributed by atoms with van der Waals surface area (Å²) in [6.07, 6.45) is 2.16. The van der Waals surface area contributed by atoms with Gasteiger partial charge in [0.2, 0.25) is 0 Å². The molecule has 1 fully saturated rings. The summed E-state index contributed by atoms with van der Waals surface area (Å²) in [5, 5.41) is 0. The van der Waals surface area contributed by atoms with E-state index in [-0.39, 0.29) is 4.90 Å². The Balaban J connectivity index is 1.81. The van der Waals surface area contributed by atoms with Gasteiger partial charge in [0, 0.05) is 5.92 Å². The summed E-state index contributed by atoms with van der Waals surface area (Å²) in [7, 11) is -3.66. The highest BCUT2D eigenvalue weighted by Gasteiger charge is 2.28. The van der Waals surface area contributed by atoms with E-state index >= 15 is 0 Å². The monoisotopic (exact) mass is 396 g/mol. The third-order valence-corrected chi connectivity index (χ3v) is 5.82. The summed E-state index contributed by atoms with van der Waals surface area (Å²) in [5.74, 6) is 1.56. The molecule has 0 atom stereocenters. The molecule has 122 valence electrons. The van der Waals surface area contributed by atoms with Crippen molar-refractivity contribution in [2.75, 3.05) is 5.43 Å². The molecule has 0 spiro atoms. The number of anilines is 1. The molecule has 8 heteroatoms. The van der Waals surface area contributed by atoms with E-state index in [1.807, 2.05) is 13.8 Å². The second-order valence-corrected chi connectivity index (χ2v) is 8.12. The predicted molar refractivity (Wildman–Crippen MR) is 91.6 cm³/mol. The number of rotatable bonds is 5. The minimum Gasteiger partial charge on any atom is -0.291 e. The Kier molecular flexibility index (Phi) is 4.39. The number of benzene rings is 1. The van der Waals surface area contributed by atoms with Gasteiger partial charge in [0.05, 0.1) is 15.1 Å². The molecule has 1 aliphatic rings. The zero-order valence-electron chi connectivity index (χ0n) is 12.8. The minimum atomic E-state index is -3.66. The fourth-order valence-electron chi connectivity index (χ4n) is 2.08. The summed E-state index contributed by atoms with van der Waals surface area (Å²) in [5.41, 5.74) is 4.47. The van der Waals surface area contributed by atoms with Crippen molar-refractivity contribution in [1.82, 2.24) is 14.8 Å². The van der Waals surface area contributed by atoms with Gasteiger partial charge in [-0.25, -0.2) is 18.4 Å². The number of hydrogen-bond acceptors (Lipinski definition) is 5. The van der Waals surface area contributed by atoms with Crippen LogP contribution in [0.4, 0.5) is 5.82 Å². The van der Waals surface area contributed by atoms with E-state index < -0.39 is 10.0 Å². The lowest BCUT2D eigenvalue weighted by Crippen LogP contribution is -2.30. The highest BCUT2D eigenvalue weighted by atomic mass is 79.9. The average molecular weight is 397 g/mol. The van der Waals surface area contributed by atoms with E-state index in [1.54, 1.807) is 24.3 Å². The van der Waals surface area contributed by atoms with Crippen molar-refractivity contribution in [2.45, 2.75) is 37.5 Å². The molecular weight excluding hydrogens is 380 g/mol. The van der Waals surface area contributed by atoms with E-state index in [9.17, 15) is 8.42 Å². The minimum absolute atomic E-state index is 0.194. The standard InChI is InChI=1S/C15H17BrN4O2S/c1-9-3-7-12(8-4-9)23(21,22)20-19-15-13(16)10(2)17-14(18-15)11-5-6-11/h3-4,7-8,11,20H,5-6H2,1-2H3,(H,17,18,19). The lowest BCUT2D eigenvalue weighted by atomic mass is 10.2. The van der Waals surface area contributed by atoms with Gasteiger partial charge in [0.15, 0.2) is 5.82 Å². The highest BCUT2D eigenvalue weighted by Crippen LogP contribution is 2.39. The maximum absolute atomic E-state index is 12.3. The molecule has 3 rings (SSSR count). The van der Waals surface area contributed by atoms with Crippen LogP contribution in [0.15, 0.2) is 33.6 Å². The molecule has 0 bridgehead atoms. The molecular formula is C15H17BrN4O2S. The first kappa shape index (κ1) is 16.4. The number of nitrogens with one attached hydrogen (secondary N) is 2. The summed E-state index contributed by atoms with van der Waals surface area (Å²) in [6.45, 7) is 3.76. The summed E-state index contributed by atoms with van der Waals surface area (Å²) in [6, 6.07) is 6.64. The van der Waals surface area contributed by atoms with Crippen LogP contribution in [0.25, 0.3) is 0 Å². The number of aryl methyl sites for hydroxylation is 2. The Morgan fingerprint density at radius 3 is 2.39 bits per heavy atom. The van der Waals surface area contributed by atoms with E-state index in [4.69, 9.17) is 0 Å². The van der Waals surface area contributed by atoms with Crippen molar-refractivity contribution < 1.29 is 8.42 Å². The number of nitrogens with zero attached hydrogens (tertiary/aromatic N) is 2. The van der Waals surface area contributed by atoms with E-state index in [0.717, 1.165) is 29.9 Å². The topological polar surface area (TPSA) is 84.0 Å². The molecule has 1 aliphatic carbocycles.